The summed E-state index contributed by atoms with van der Waals surface area (Å²) in [6.07, 6.45) is 1.69. The molecule has 1 aromatic carbocycles. The van der Waals surface area contributed by atoms with E-state index in [0.29, 0.717) is 24.6 Å². The summed E-state index contributed by atoms with van der Waals surface area (Å²) in [5.74, 6) is 1.39. The van der Waals surface area contributed by atoms with Gasteiger partial charge in [0.2, 0.25) is 0 Å². The van der Waals surface area contributed by atoms with E-state index in [1.807, 2.05) is 25.1 Å². The molecular formula is C19H20ClN3O4. The Hall–Kier alpha value is -2.38. The highest BCUT2D eigenvalue weighted by Gasteiger charge is 2.30. The molecule has 1 N–H and O–H groups in total. The second-order valence-electron chi connectivity index (χ2n) is 6.96. The molecule has 4 rings (SSSR count). The average molecular weight is 390 g/mol. The molecule has 2 aromatic rings. The number of β-amino-alcohol motifs (C(OH)–C–C–N with tert-alkyl or cyclic N) is 1. The van der Waals surface area contributed by atoms with Gasteiger partial charge < -0.3 is 19.5 Å². The normalized spacial score (nSPS) is 19.2. The fraction of sp³-hybridized carbons (Fsp3) is 0.421. The molecule has 2 aliphatic rings. The van der Waals surface area contributed by atoms with E-state index >= 15 is 0 Å². The molecule has 1 saturated carbocycles. The highest BCUT2D eigenvalue weighted by Crippen LogP contribution is 2.46. The first-order valence-electron chi connectivity index (χ1n) is 8.96. The quantitative estimate of drug-likeness (QED) is 0.858. The van der Waals surface area contributed by atoms with Crippen molar-refractivity contribution in [2.24, 2.45) is 0 Å². The summed E-state index contributed by atoms with van der Waals surface area (Å²) in [5, 5.41) is 17.5. The number of amides is 1. The smallest absolute Gasteiger partial charge is 0.415 e. The van der Waals surface area contributed by atoms with Gasteiger partial charge in [-0.25, -0.2) is 4.79 Å². The molecule has 142 valence electrons. The van der Waals surface area contributed by atoms with Crippen LogP contribution in [0, 0.1) is 6.92 Å². The van der Waals surface area contributed by atoms with Crippen LogP contribution in [0.2, 0.25) is 5.15 Å². The lowest BCUT2D eigenvalue weighted by atomic mass is 10.1. The Morgan fingerprint density at radius 2 is 2.11 bits per heavy atom. The summed E-state index contributed by atoms with van der Waals surface area (Å²) in [6, 6.07) is 7.41. The van der Waals surface area contributed by atoms with E-state index in [2.05, 4.69) is 10.2 Å². The molecule has 27 heavy (non-hydrogen) atoms. The summed E-state index contributed by atoms with van der Waals surface area (Å²) >= 11 is 5.94. The zero-order valence-corrected chi connectivity index (χ0v) is 15.6. The number of benzene rings is 1. The number of likely N-dealkylation sites (tertiary alicyclic amines) is 1. The van der Waals surface area contributed by atoms with Crippen LogP contribution in [0.3, 0.4) is 0 Å². The Kier molecular flexibility index (Phi) is 4.88. The maximum absolute atomic E-state index is 12.4. The molecule has 0 bridgehead atoms. The molecule has 0 spiro atoms. The van der Waals surface area contributed by atoms with E-state index in [-0.39, 0.29) is 23.3 Å². The van der Waals surface area contributed by atoms with Crippen molar-refractivity contribution in [3.63, 3.8) is 0 Å². The van der Waals surface area contributed by atoms with Crippen molar-refractivity contribution in [2.45, 2.75) is 38.2 Å². The lowest BCUT2D eigenvalue weighted by Crippen LogP contribution is -2.32. The lowest BCUT2D eigenvalue weighted by Gasteiger charge is -2.17. The molecule has 1 aromatic heterocycles. The van der Waals surface area contributed by atoms with Crippen molar-refractivity contribution in [3.05, 3.63) is 40.5 Å². The predicted octanol–water partition coefficient (Wildman–Crippen LogP) is 3.67. The maximum atomic E-state index is 12.4. The van der Waals surface area contributed by atoms with Crippen molar-refractivity contribution in [3.8, 4) is 17.4 Å². The minimum atomic E-state index is -0.576. The van der Waals surface area contributed by atoms with E-state index in [4.69, 9.17) is 21.1 Å². The van der Waals surface area contributed by atoms with Crippen LogP contribution in [0.5, 0.6) is 17.4 Å². The van der Waals surface area contributed by atoms with Gasteiger partial charge in [0.1, 0.15) is 5.75 Å². The zero-order chi connectivity index (χ0) is 19.0. The van der Waals surface area contributed by atoms with Gasteiger partial charge >= 0.3 is 6.09 Å². The SMILES string of the molecule is Cc1cccc(C2CC2)c1Oc1nnc(Cl)cc1OC(=O)N1CCC(O)C1. The first-order chi connectivity index (χ1) is 13.0. The number of halogens is 1. The Balaban J connectivity index is 1.60. The Labute approximate surface area is 161 Å². The highest BCUT2D eigenvalue weighted by molar-refractivity contribution is 6.29. The van der Waals surface area contributed by atoms with E-state index in [9.17, 15) is 9.90 Å². The van der Waals surface area contributed by atoms with Crippen LogP contribution in [0.15, 0.2) is 24.3 Å². The van der Waals surface area contributed by atoms with Crippen LogP contribution < -0.4 is 9.47 Å². The molecule has 2 heterocycles. The molecule has 1 aliphatic carbocycles. The number of rotatable bonds is 4. The molecule has 1 atom stereocenters. The molecule has 7 nitrogen and oxygen atoms in total. The summed E-state index contributed by atoms with van der Waals surface area (Å²) in [6.45, 7) is 2.64. The van der Waals surface area contributed by atoms with Gasteiger partial charge in [-0.2, -0.15) is 0 Å². The molecule has 8 heteroatoms. The van der Waals surface area contributed by atoms with Crippen molar-refractivity contribution >= 4 is 17.7 Å². The lowest BCUT2D eigenvalue weighted by molar-refractivity contribution is 0.144. The van der Waals surface area contributed by atoms with Crippen molar-refractivity contribution in [2.75, 3.05) is 13.1 Å². The zero-order valence-electron chi connectivity index (χ0n) is 14.9. The van der Waals surface area contributed by atoms with Crippen LogP contribution in [0.25, 0.3) is 0 Å². The van der Waals surface area contributed by atoms with Crippen LogP contribution in [-0.2, 0) is 0 Å². The summed E-state index contributed by atoms with van der Waals surface area (Å²) < 4.78 is 11.5. The van der Waals surface area contributed by atoms with Crippen LogP contribution >= 0.6 is 11.6 Å². The number of para-hydroxylation sites is 1. The number of aliphatic hydroxyl groups excluding tert-OH is 1. The monoisotopic (exact) mass is 389 g/mol. The number of aryl methyl sites for hydroxylation is 1. The molecule has 2 fully saturated rings. The number of carbonyl (C=O) groups excluding carboxylic acids is 1. The first-order valence-corrected chi connectivity index (χ1v) is 9.34. The molecule has 1 amide bonds. The minimum Gasteiger partial charge on any atom is -0.434 e. The molecule has 1 saturated heterocycles. The summed E-state index contributed by atoms with van der Waals surface area (Å²) in [5.41, 5.74) is 2.09. The van der Waals surface area contributed by atoms with E-state index in [1.54, 1.807) is 0 Å². The third kappa shape index (κ3) is 3.99. The van der Waals surface area contributed by atoms with Crippen molar-refractivity contribution < 1.29 is 19.4 Å². The van der Waals surface area contributed by atoms with Crippen LogP contribution in [0.1, 0.15) is 36.3 Å². The van der Waals surface area contributed by atoms with E-state index in [1.165, 1.54) is 11.0 Å². The second-order valence-corrected chi connectivity index (χ2v) is 7.35. The number of nitrogens with zero attached hydrogens (tertiary/aromatic N) is 3. The van der Waals surface area contributed by atoms with E-state index < -0.39 is 12.2 Å². The van der Waals surface area contributed by atoms with Crippen molar-refractivity contribution in [1.82, 2.24) is 15.1 Å². The second kappa shape index (κ2) is 7.32. The van der Waals surface area contributed by atoms with E-state index in [0.717, 1.165) is 24.0 Å². The molecule has 0 radical (unpaired) electrons. The van der Waals surface area contributed by atoms with Crippen LogP contribution in [-0.4, -0.2) is 45.5 Å². The first kappa shape index (κ1) is 18.0. The number of carbonyl (C=O) groups is 1. The summed E-state index contributed by atoms with van der Waals surface area (Å²) in [7, 11) is 0. The predicted molar refractivity (Wildman–Crippen MR) is 98.5 cm³/mol. The Morgan fingerprint density at radius 1 is 1.30 bits per heavy atom. The molecular weight excluding hydrogens is 370 g/mol. The topological polar surface area (TPSA) is 84.8 Å². The van der Waals surface area contributed by atoms with Crippen molar-refractivity contribution in [1.29, 1.82) is 0 Å². The fourth-order valence-corrected chi connectivity index (χ4v) is 3.32. The number of aromatic nitrogens is 2. The van der Waals surface area contributed by atoms with Gasteiger partial charge in [-0.05, 0) is 43.2 Å². The minimum absolute atomic E-state index is 0.0868. The third-order valence-electron chi connectivity index (χ3n) is 4.77. The third-order valence-corrected chi connectivity index (χ3v) is 4.96. The summed E-state index contributed by atoms with van der Waals surface area (Å²) in [4.78, 5) is 13.8. The Morgan fingerprint density at radius 3 is 2.81 bits per heavy atom. The fourth-order valence-electron chi connectivity index (χ4n) is 3.18. The maximum Gasteiger partial charge on any atom is 0.415 e. The number of ether oxygens (including phenoxy) is 2. The highest BCUT2D eigenvalue weighted by atomic mass is 35.5. The van der Waals surface area contributed by atoms with Crippen LogP contribution in [0.4, 0.5) is 4.79 Å². The molecule has 1 aliphatic heterocycles. The van der Waals surface area contributed by atoms with Gasteiger partial charge in [-0.3, -0.25) is 0 Å². The van der Waals surface area contributed by atoms with Gasteiger partial charge in [-0.15, -0.1) is 10.2 Å². The standard InChI is InChI=1S/C19H20ClN3O4/c1-11-3-2-4-14(12-5-6-12)17(11)27-18-15(9-16(20)21-22-18)26-19(25)23-8-7-13(24)10-23/h2-4,9,12-13,24H,5-8,10H2,1H3. The van der Waals surface area contributed by atoms with Gasteiger partial charge in [-0.1, -0.05) is 29.8 Å². The Bertz CT molecular complexity index is 872. The number of aliphatic hydroxyl groups is 1. The number of hydrogen-bond acceptors (Lipinski definition) is 6. The van der Waals surface area contributed by atoms with Gasteiger partial charge in [0, 0.05) is 19.2 Å². The average Bonchev–Trinajstić information content (AvgIpc) is 3.39. The molecule has 1 unspecified atom stereocenters. The largest absolute Gasteiger partial charge is 0.434 e. The van der Waals surface area contributed by atoms with Gasteiger partial charge in [0.25, 0.3) is 5.88 Å². The van der Waals surface area contributed by atoms with Gasteiger partial charge in [0.05, 0.1) is 6.10 Å². The number of hydrogen-bond donors (Lipinski definition) is 1. The van der Waals surface area contributed by atoms with Gasteiger partial charge in [0.15, 0.2) is 10.9 Å².